The van der Waals surface area contributed by atoms with Crippen LogP contribution in [0.5, 0.6) is 0 Å². The van der Waals surface area contributed by atoms with Crippen molar-refractivity contribution in [2.75, 3.05) is 4.90 Å². The maximum atomic E-state index is 2.48. The third-order valence-corrected chi connectivity index (χ3v) is 16.8. The number of anilines is 3. The van der Waals surface area contributed by atoms with E-state index in [0.29, 0.717) is 0 Å². The normalized spacial score (nSPS) is 12.6. The zero-order valence-electron chi connectivity index (χ0n) is 46.6. The van der Waals surface area contributed by atoms with Gasteiger partial charge in [0.05, 0.1) is 11.0 Å². The maximum Gasteiger partial charge on any atom is 0.0541 e. The summed E-state index contributed by atoms with van der Waals surface area (Å²) < 4.78 is 2.48. The molecule has 1 heterocycles. The summed E-state index contributed by atoms with van der Waals surface area (Å²) in [5.41, 5.74) is 23.9. The molecule has 0 atom stereocenters. The largest absolute Gasteiger partial charge is 0.310 e. The van der Waals surface area contributed by atoms with Gasteiger partial charge in [-0.1, -0.05) is 243 Å². The lowest BCUT2D eigenvalue weighted by molar-refractivity contribution is 0.535. The average Bonchev–Trinajstić information content (AvgIpc) is 4.05. The minimum Gasteiger partial charge on any atom is -0.310 e. The molecule has 0 bridgehead atoms. The molecule has 1 aromatic heterocycles. The Balaban J connectivity index is 0.835. The molecule has 0 saturated heterocycles. The fraction of sp³-hybridized carbons (Fsp3) is 0.280. The predicted molar refractivity (Wildman–Crippen MR) is 333 cm³/mol. The molecule has 388 valence electrons. The van der Waals surface area contributed by atoms with Gasteiger partial charge in [-0.25, -0.2) is 0 Å². The van der Waals surface area contributed by atoms with E-state index in [-0.39, 0.29) is 5.41 Å². The lowest BCUT2D eigenvalue weighted by Gasteiger charge is -2.28. The van der Waals surface area contributed by atoms with E-state index in [1.54, 1.807) is 0 Å². The first-order chi connectivity index (χ1) is 37.7. The van der Waals surface area contributed by atoms with Crippen LogP contribution in [0.2, 0.25) is 0 Å². The Morgan fingerprint density at radius 2 is 0.883 bits per heavy atom. The fourth-order valence-electron chi connectivity index (χ4n) is 12.7. The Hall–Kier alpha value is -7.42. The summed E-state index contributed by atoms with van der Waals surface area (Å²) in [5, 5.41) is 2.53. The van der Waals surface area contributed by atoms with Gasteiger partial charge in [0, 0.05) is 38.9 Å². The maximum absolute atomic E-state index is 2.48. The van der Waals surface area contributed by atoms with Crippen LogP contribution in [0, 0.1) is 13.8 Å². The van der Waals surface area contributed by atoms with Crippen molar-refractivity contribution in [3.63, 3.8) is 0 Å². The van der Waals surface area contributed by atoms with Crippen LogP contribution in [0.1, 0.15) is 138 Å². The molecule has 0 fully saturated rings. The minimum absolute atomic E-state index is 0.103. The Bertz CT molecular complexity index is 3610. The van der Waals surface area contributed by atoms with Crippen LogP contribution in [0.25, 0.3) is 72.0 Å². The molecule has 0 saturated carbocycles. The van der Waals surface area contributed by atoms with Gasteiger partial charge in [-0.05, 0) is 160 Å². The van der Waals surface area contributed by atoms with Crippen LogP contribution >= 0.6 is 0 Å². The standard InChI is InChI=1S/C75H78N2/c1-6-7-8-9-10-11-12-13-14-15-16-17-18-20-27-56-46-54(2)47-61(50-56)62-48-55(3)49-66(51-62)77-73-33-26-24-31-69(73)70-52-60(38-45-74(70)77)59-36-41-64(42-37-59)76(63-39-34-58(35-40-63)57-28-21-19-22-29-57)65-43-44-68-67-30-23-25-32-71(67)75(4,5)72(68)53-65/h19,21-26,28-53H,6-18,20,27H2,1-5H3. The topological polar surface area (TPSA) is 8.17 Å². The van der Waals surface area contributed by atoms with Crippen molar-refractivity contribution >= 4 is 38.9 Å². The van der Waals surface area contributed by atoms with Gasteiger partial charge in [-0.15, -0.1) is 0 Å². The van der Waals surface area contributed by atoms with Crippen LogP contribution in [-0.2, 0) is 11.8 Å². The first-order valence-electron chi connectivity index (χ1n) is 29.3. The Labute approximate surface area is 460 Å². The van der Waals surface area contributed by atoms with E-state index in [1.807, 2.05) is 0 Å². The van der Waals surface area contributed by atoms with Crippen molar-refractivity contribution in [1.82, 2.24) is 4.57 Å². The summed E-state index contributed by atoms with van der Waals surface area (Å²) in [7, 11) is 0. The van der Waals surface area contributed by atoms with Crippen molar-refractivity contribution in [1.29, 1.82) is 0 Å². The molecule has 2 heteroatoms. The highest BCUT2D eigenvalue weighted by Crippen LogP contribution is 2.51. The molecule has 0 radical (unpaired) electrons. The van der Waals surface area contributed by atoms with Crippen molar-refractivity contribution in [2.24, 2.45) is 0 Å². The number of fused-ring (bicyclic) bond motifs is 6. The van der Waals surface area contributed by atoms with E-state index in [0.717, 1.165) is 23.5 Å². The van der Waals surface area contributed by atoms with Gasteiger partial charge in [0.2, 0.25) is 0 Å². The van der Waals surface area contributed by atoms with Gasteiger partial charge in [0.25, 0.3) is 0 Å². The van der Waals surface area contributed by atoms with E-state index >= 15 is 0 Å². The molecule has 77 heavy (non-hydrogen) atoms. The first-order valence-corrected chi connectivity index (χ1v) is 29.3. The number of aromatic nitrogens is 1. The molecular formula is C75H78N2. The number of para-hydroxylation sites is 1. The molecule has 0 unspecified atom stereocenters. The van der Waals surface area contributed by atoms with Gasteiger partial charge < -0.3 is 9.47 Å². The Kier molecular flexibility index (Phi) is 15.7. The highest BCUT2D eigenvalue weighted by atomic mass is 15.1. The Morgan fingerprint density at radius 3 is 1.57 bits per heavy atom. The van der Waals surface area contributed by atoms with Crippen LogP contribution in [0.15, 0.2) is 200 Å². The third kappa shape index (κ3) is 11.2. The van der Waals surface area contributed by atoms with Gasteiger partial charge in [0.1, 0.15) is 0 Å². The molecule has 0 spiro atoms. The summed E-state index contributed by atoms with van der Waals surface area (Å²) in [6, 6.07) is 75.3. The van der Waals surface area contributed by atoms with Crippen LogP contribution < -0.4 is 4.90 Å². The molecule has 0 aliphatic heterocycles. The molecule has 2 nitrogen and oxygen atoms in total. The summed E-state index contributed by atoms with van der Waals surface area (Å²) in [5.74, 6) is 0. The predicted octanol–water partition coefficient (Wildman–Crippen LogP) is 22.2. The second kappa shape index (κ2) is 23.4. The van der Waals surface area contributed by atoms with E-state index in [9.17, 15) is 0 Å². The zero-order chi connectivity index (χ0) is 52.7. The van der Waals surface area contributed by atoms with Gasteiger partial charge >= 0.3 is 0 Å². The number of hydrogen-bond acceptors (Lipinski definition) is 1. The van der Waals surface area contributed by atoms with Crippen molar-refractivity contribution in [2.45, 2.75) is 136 Å². The van der Waals surface area contributed by atoms with Crippen molar-refractivity contribution in [3.8, 4) is 50.2 Å². The average molecular weight is 1010 g/mol. The molecule has 9 aromatic carbocycles. The lowest BCUT2D eigenvalue weighted by Crippen LogP contribution is -2.16. The van der Waals surface area contributed by atoms with Gasteiger partial charge in [-0.3, -0.25) is 0 Å². The molecule has 0 amide bonds. The quantitative estimate of drug-likeness (QED) is 0.0614. The molecule has 1 aliphatic rings. The van der Waals surface area contributed by atoms with E-state index < -0.39 is 0 Å². The second-order valence-corrected chi connectivity index (χ2v) is 22.9. The lowest BCUT2D eigenvalue weighted by atomic mass is 9.82. The van der Waals surface area contributed by atoms with Crippen LogP contribution in [0.4, 0.5) is 17.1 Å². The number of benzene rings is 9. The van der Waals surface area contributed by atoms with E-state index in [4.69, 9.17) is 0 Å². The van der Waals surface area contributed by atoms with E-state index in [1.165, 1.54) is 190 Å². The third-order valence-electron chi connectivity index (χ3n) is 16.8. The SMILES string of the molecule is CCCCCCCCCCCCCCCCc1cc(C)cc(-c2cc(C)cc(-n3c4ccccc4c4cc(-c5ccc(N(c6ccc(-c7ccccc7)cc6)c6ccc7c(c6)C(C)(C)c6ccccc6-7)cc5)ccc43)c2)c1. The summed E-state index contributed by atoms with van der Waals surface area (Å²) in [4.78, 5) is 2.42. The molecule has 0 N–H and O–H groups in total. The first kappa shape index (κ1) is 51.7. The van der Waals surface area contributed by atoms with E-state index in [2.05, 4.69) is 244 Å². The number of nitrogens with zero attached hydrogens (tertiary/aromatic N) is 2. The smallest absolute Gasteiger partial charge is 0.0541 e. The second-order valence-electron chi connectivity index (χ2n) is 22.9. The highest BCUT2D eigenvalue weighted by Gasteiger charge is 2.35. The van der Waals surface area contributed by atoms with Gasteiger partial charge in [0.15, 0.2) is 0 Å². The number of hydrogen-bond donors (Lipinski definition) is 0. The summed E-state index contributed by atoms with van der Waals surface area (Å²) in [6.45, 7) is 11.5. The fourth-order valence-corrected chi connectivity index (χ4v) is 12.7. The number of unbranched alkanes of at least 4 members (excludes halogenated alkanes) is 13. The van der Waals surface area contributed by atoms with Crippen molar-refractivity contribution < 1.29 is 0 Å². The molecular weight excluding hydrogens is 929 g/mol. The number of rotatable bonds is 22. The van der Waals surface area contributed by atoms with Crippen LogP contribution in [0.3, 0.4) is 0 Å². The Morgan fingerprint density at radius 1 is 0.364 bits per heavy atom. The zero-order valence-corrected chi connectivity index (χ0v) is 46.6. The highest BCUT2D eigenvalue weighted by molar-refractivity contribution is 6.10. The molecule has 11 rings (SSSR count). The minimum atomic E-state index is -0.103. The van der Waals surface area contributed by atoms with Crippen molar-refractivity contribution in [3.05, 3.63) is 228 Å². The summed E-state index contributed by atoms with van der Waals surface area (Å²) in [6.07, 6.45) is 20.6. The van der Waals surface area contributed by atoms with Gasteiger partial charge in [-0.2, -0.15) is 0 Å². The van der Waals surface area contributed by atoms with Crippen LogP contribution in [-0.4, -0.2) is 4.57 Å². The molecule has 10 aromatic rings. The number of aryl methyl sites for hydroxylation is 3. The molecule has 1 aliphatic carbocycles. The summed E-state index contributed by atoms with van der Waals surface area (Å²) >= 11 is 0. The monoisotopic (exact) mass is 1010 g/mol.